The molecule has 2 N–H and O–H groups in total. The number of nitrogens with zero attached hydrogens (tertiary/aromatic N) is 1. The minimum atomic E-state index is -0.383. The monoisotopic (exact) mass is 407 g/mol. The van der Waals surface area contributed by atoms with E-state index in [0.29, 0.717) is 12.1 Å². The molecule has 0 aromatic heterocycles. The fourth-order valence-electron chi connectivity index (χ4n) is 3.67. The Morgan fingerprint density at radius 1 is 1.03 bits per heavy atom. The number of benzene rings is 2. The molecule has 3 rings (SSSR count). The number of hydrogen-bond donors (Lipinski definition) is 2. The quantitative estimate of drug-likeness (QED) is 0.740. The molecule has 1 aliphatic heterocycles. The highest BCUT2D eigenvalue weighted by atomic mass is 16.2. The van der Waals surface area contributed by atoms with Gasteiger partial charge in [0.25, 0.3) is 5.91 Å². The van der Waals surface area contributed by atoms with Crippen molar-refractivity contribution < 1.29 is 14.4 Å². The first-order chi connectivity index (χ1) is 14.4. The highest BCUT2D eigenvalue weighted by Gasteiger charge is 2.20. The van der Waals surface area contributed by atoms with Gasteiger partial charge in [0.15, 0.2) is 0 Å². The summed E-state index contributed by atoms with van der Waals surface area (Å²) < 4.78 is 0. The van der Waals surface area contributed by atoms with Gasteiger partial charge in [-0.2, -0.15) is 0 Å². The summed E-state index contributed by atoms with van der Waals surface area (Å²) in [6, 6.07) is 14.8. The van der Waals surface area contributed by atoms with E-state index in [1.165, 1.54) is 6.92 Å². The molecule has 0 bridgehead atoms. The van der Waals surface area contributed by atoms with Crippen molar-refractivity contribution in [2.24, 2.45) is 0 Å². The molecule has 2 aromatic carbocycles. The van der Waals surface area contributed by atoms with Crippen LogP contribution in [0.1, 0.15) is 59.3 Å². The third-order valence-corrected chi connectivity index (χ3v) is 5.30. The number of hydrogen-bond acceptors (Lipinski definition) is 3. The average molecular weight is 408 g/mol. The Morgan fingerprint density at radius 3 is 2.40 bits per heavy atom. The molecule has 1 aliphatic rings. The molecule has 1 unspecified atom stereocenters. The molecule has 1 heterocycles. The second-order valence-electron chi connectivity index (χ2n) is 7.84. The molecule has 0 radical (unpaired) electrons. The van der Waals surface area contributed by atoms with Gasteiger partial charge in [-0.25, -0.2) is 0 Å². The Kier molecular flexibility index (Phi) is 7.22. The molecule has 6 heteroatoms. The number of nitrogens with one attached hydrogen (secondary N) is 2. The number of amides is 3. The third-order valence-electron chi connectivity index (χ3n) is 5.30. The number of carbonyl (C=O) groups is 3. The normalized spacial score (nSPS) is 14.3. The van der Waals surface area contributed by atoms with Crippen molar-refractivity contribution in [2.75, 3.05) is 13.1 Å². The second-order valence-corrected chi connectivity index (χ2v) is 7.84. The molecule has 1 saturated heterocycles. The van der Waals surface area contributed by atoms with Gasteiger partial charge in [0.2, 0.25) is 11.8 Å². The first-order valence-electron chi connectivity index (χ1n) is 10.4. The van der Waals surface area contributed by atoms with E-state index in [4.69, 9.17) is 0 Å². The second kappa shape index (κ2) is 10.1. The Morgan fingerprint density at radius 2 is 1.73 bits per heavy atom. The lowest BCUT2D eigenvalue weighted by molar-refractivity contribution is -0.122. The zero-order valence-electron chi connectivity index (χ0n) is 17.6. The molecule has 0 saturated carbocycles. The van der Waals surface area contributed by atoms with Gasteiger partial charge in [0.1, 0.15) is 0 Å². The van der Waals surface area contributed by atoms with E-state index in [0.717, 1.165) is 42.6 Å². The first-order valence-corrected chi connectivity index (χ1v) is 10.4. The molecule has 2 aromatic rings. The van der Waals surface area contributed by atoms with Crippen LogP contribution >= 0.6 is 0 Å². The van der Waals surface area contributed by atoms with Gasteiger partial charge in [-0.1, -0.05) is 42.0 Å². The predicted molar refractivity (Wildman–Crippen MR) is 116 cm³/mol. The minimum Gasteiger partial charge on any atom is -0.352 e. The summed E-state index contributed by atoms with van der Waals surface area (Å²) in [5, 5.41) is 5.75. The fourth-order valence-corrected chi connectivity index (χ4v) is 3.67. The molecule has 1 fully saturated rings. The van der Waals surface area contributed by atoms with E-state index in [9.17, 15) is 14.4 Å². The van der Waals surface area contributed by atoms with Crippen molar-refractivity contribution in [1.29, 1.82) is 0 Å². The smallest absolute Gasteiger partial charge is 0.253 e. The lowest BCUT2D eigenvalue weighted by Crippen LogP contribution is -2.32. The molecular weight excluding hydrogens is 378 g/mol. The summed E-state index contributed by atoms with van der Waals surface area (Å²) in [4.78, 5) is 38.6. The maximum atomic E-state index is 12.6. The average Bonchev–Trinajstić information content (AvgIpc) is 3.26. The van der Waals surface area contributed by atoms with Crippen LogP contribution in [0.25, 0.3) is 0 Å². The van der Waals surface area contributed by atoms with Gasteiger partial charge in [-0.05, 0) is 43.0 Å². The van der Waals surface area contributed by atoms with Crippen LogP contribution in [-0.4, -0.2) is 35.7 Å². The summed E-state index contributed by atoms with van der Waals surface area (Å²) in [7, 11) is 0. The van der Waals surface area contributed by atoms with E-state index in [1.54, 1.807) is 0 Å². The molecule has 158 valence electrons. The van der Waals surface area contributed by atoms with Gasteiger partial charge >= 0.3 is 0 Å². The van der Waals surface area contributed by atoms with Crippen LogP contribution in [0.2, 0.25) is 0 Å². The van der Waals surface area contributed by atoms with Crippen molar-refractivity contribution in [3.8, 4) is 0 Å². The Hall–Kier alpha value is -3.15. The Labute approximate surface area is 177 Å². The maximum Gasteiger partial charge on any atom is 0.253 e. The van der Waals surface area contributed by atoms with Crippen LogP contribution in [0.15, 0.2) is 48.5 Å². The van der Waals surface area contributed by atoms with Gasteiger partial charge in [0, 0.05) is 32.1 Å². The van der Waals surface area contributed by atoms with E-state index < -0.39 is 0 Å². The maximum absolute atomic E-state index is 12.6. The van der Waals surface area contributed by atoms with Crippen molar-refractivity contribution in [1.82, 2.24) is 15.5 Å². The molecule has 6 nitrogen and oxygen atoms in total. The van der Waals surface area contributed by atoms with Crippen LogP contribution < -0.4 is 10.6 Å². The molecule has 0 aliphatic carbocycles. The summed E-state index contributed by atoms with van der Waals surface area (Å²) in [6.07, 6.45) is 2.25. The largest absolute Gasteiger partial charge is 0.352 e. The van der Waals surface area contributed by atoms with Crippen LogP contribution in [0.5, 0.6) is 0 Å². The van der Waals surface area contributed by atoms with Crippen LogP contribution in [0, 0.1) is 6.92 Å². The van der Waals surface area contributed by atoms with E-state index in [-0.39, 0.29) is 30.2 Å². The summed E-state index contributed by atoms with van der Waals surface area (Å²) in [5.41, 5.74) is 3.54. The Bertz CT molecular complexity index is 902. The number of carbonyl (C=O) groups excluding carboxylic acids is 3. The summed E-state index contributed by atoms with van der Waals surface area (Å²) in [6.45, 7) is 5.39. The SMILES string of the molecule is CC(=O)NC(CC(=O)NCc1cccc(C(=O)N2CCCC2)c1)c1ccc(C)cc1. The molecule has 30 heavy (non-hydrogen) atoms. The number of rotatable bonds is 7. The summed E-state index contributed by atoms with van der Waals surface area (Å²) >= 11 is 0. The van der Waals surface area contributed by atoms with Crippen LogP contribution in [0.4, 0.5) is 0 Å². The van der Waals surface area contributed by atoms with Gasteiger partial charge in [-0.3, -0.25) is 14.4 Å². The third kappa shape index (κ3) is 5.92. The number of aryl methyl sites for hydroxylation is 1. The lowest BCUT2D eigenvalue weighted by Gasteiger charge is -2.18. The molecular formula is C24H29N3O3. The van der Waals surface area contributed by atoms with E-state index in [1.807, 2.05) is 60.4 Å². The number of likely N-dealkylation sites (tertiary alicyclic amines) is 1. The highest BCUT2D eigenvalue weighted by Crippen LogP contribution is 2.18. The van der Waals surface area contributed by atoms with E-state index in [2.05, 4.69) is 10.6 Å². The molecule has 1 atom stereocenters. The molecule has 3 amide bonds. The fraction of sp³-hybridized carbons (Fsp3) is 0.375. The van der Waals surface area contributed by atoms with Gasteiger partial charge in [0.05, 0.1) is 12.5 Å². The van der Waals surface area contributed by atoms with Gasteiger partial charge < -0.3 is 15.5 Å². The predicted octanol–water partition coefficient (Wildman–Crippen LogP) is 3.11. The molecule has 0 spiro atoms. The van der Waals surface area contributed by atoms with Crippen molar-refractivity contribution in [3.05, 3.63) is 70.8 Å². The van der Waals surface area contributed by atoms with Crippen molar-refractivity contribution in [3.63, 3.8) is 0 Å². The standard InChI is InChI=1S/C24H29N3O3/c1-17-8-10-20(11-9-17)22(26-18(2)28)15-23(29)25-16-19-6-5-7-21(14-19)24(30)27-12-3-4-13-27/h5-11,14,22H,3-4,12-13,15-16H2,1-2H3,(H,25,29)(H,26,28). The topological polar surface area (TPSA) is 78.5 Å². The highest BCUT2D eigenvalue weighted by molar-refractivity contribution is 5.94. The summed E-state index contributed by atoms with van der Waals surface area (Å²) in [5.74, 6) is -0.294. The zero-order chi connectivity index (χ0) is 21.5. The van der Waals surface area contributed by atoms with Crippen molar-refractivity contribution >= 4 is 17.7 Å². The minimum absolute atomic E-state index is 0.0470. The van der Waals surface area contributed by atoms with Crippen LogP contribution in [0.3, 0.4) is 0 Å². The Balaban J connectivity index is 1.59. The first kappa shape index (κ1) is 21.6. The van der Waals surface area contributed by atoms with Gasteiger partial charge in [-0.15, -0.1) is 0 Å². The van der Waals surface area contributed by atoms with E-state index >= 15 is 0 Å². The van der Waals surface area contributed by atoms with Crippen LogP contribution in [-0.2, 0) is 16.1 Å². The zero-order valence-corrected chi connectivity index (χ0v) is 17.6. The van der Waals surface area contributed by atoms with Crippen molar-refractivity contribution in [2.45, 2.75) is 45.7 Å². The lowest BCUT2D eigenvalue weighted by atomic mass is 10.0.